The van der Waals surface area contributed by atoms with Crippen LogP contribution in [0.2, 0.25) is 0 Å². The molecule has 178 valence electrons. The minimum absolute atomic E-state index is 0.0661. The smallest absolute Gasteiger partial charge is 0.387 e. The minimum Gasteiger partial charge on any atom is -0.387 e. The number of nitrogens with one attached hydrogen (secondary N) is 1. The van der Waals surface area contributed by atoms with Crippen molar-refractivity contribution in [2.24, 2.45) is 0 Å². The average molecular weight is 522 g/mol. The van der Waals surface area contributed by atoms with Crippen LogP contribution in [0, 0.1) is 0 Å². The van der Waals surface area contributed by atoms with Crippen molar-refractivity contribution >= 4 is 40.6 Å². The number of nitrogens with two attached hydrogens (primary N) is 1. The number of nitrogen functional groups attached to an aromatic ring is 1. The topological polar surface area (TPSA) is 285 Å². The van der Waals surface area contributed by atoms with Gasteiger partial charge >= 0.3 is 23.5 Å². The zero-order valence-corrected chi connectivity index (χ0v) is 17.9. The molecule has 0 bridgehead atoms. The van der Waals surface area contributed by atoms with Gasteiger partial charge in [-0.05, 0) is 0 Å². The minimum atomic E-state index is -5.50. The number of aliphatic hydroxyl groups excluding tert-OH is 2. The van der Waals surface area contributed by atoms with Gasteiger partial charge in [0, 0.05) is 0 Å². The van der Waals surface area contributed by atoms with Gasteiger partial charge in [-0.2, -0.15) is 13.9 Å². The number of phosphoric acid groups is 2. The number of aliphatic hydroxyl groups is 2. The predicted molar refractivity (Wildman–Crippen MR) is 97.2 cm³/mol. The number of fused-ring (bicyclic) bond motifs is 1. The molecule has 19 nitrogen and oxygen atoms in total. The molecule has 2 saturated heterocycles. The van der Waals surface area contributed by atoms with E-state index < -0.39 is 60.2 Å². The Bertz CT molecular complexity index is 1260. The van der Waals surface area contributed by atoms with Crippen molar-refractivity contribution in [3.05, 3.63) is 16.7 Å². The lowest BCUT2D eigenvalue weighted by Crippen LogP contribution is -2.33. The first-order valence-corrected chi connectivity index (χ1v) is 12.7. The summed E-state index contributed by atoms with van der Waals surface area (Å²) in [6.07, 6.45) is -4.82. The number of rotatable bonds is 7. The number of nitrogens with zero attached hydrogens (tertiary/aromatic N) is 3. The molecule has 0 radical (unpaired) electrons. The van der Waals surface area contributed by atoms with Crippen molar-refractivity contribution in [2.75, 3.05) is 12.3 Å². The van der Waals surface area contributed by atoms with Gasteiger partial charge in [-0.15, -0.1) is 8.62 Å². The lowest BCUT2D eigenvalue weighted by molar-refractivity contribution is -0.186. The highest BCUT2D eigenvalue weighted by molar-refractivity contribution is 7.68. The van der Waals surface area contributed by atoms with E-state index in [0.29, 0.717) is 0 Å². The molecule has 2 aliphatic heterocycles. The lowest BCUT2D eigenvalue weighted by Gasteiger charge is -2.16. The third kappa shape index (κ3) is 4.57. The quantitative estimate of drug-likeness (QED) is 0.0909. The van der Waals surface area contributed by atoms with Crippen LogP contribution in [0.3, 0.4) is 0 Å². The number of aromatic nitrogens is 4. The van der Waals surface area contributed by atoms with Crippen LogP contribution < -0.4 is 11.3 Å². The molecular formula is C10H15N5O14P3+. The number of aromatic amines is 1. The number of imidazole rings is 1. The largest absolute Gasteiger partial charge is 0.751 e. The first kappa shape index (κ1) is 23.6. The van der Waals surface area contributed by atoms with Crippen molar-refractivity contribution < 1.29 is 60.9 Å². The predicted octanol–water partition coefficient (Wildman–Crippen LogP) is -1.85. The Morgan fingerprint density at radius 2 is 2.00 bits per heavy atom. The summed E-state index contributed by atoms with van der Waals surface area (Å²) in [4.78, 5) is 48.2. The highest BCUT2D eigenvalue weighted by atomic mass is 31.3. The summed E-state index contributed by atoms with van der Waals surface area (Å²) in [5, 5.41) is 20.6. The van der Waals surface area contributed by atoms with Crippen molar-refractivity contribution in [1.82, 2.24) is 19.5 Å². The van der Waals surface area contributed by atoms with Crippen LogP contribution in [-0.2, 0) is 36.0 Å². The van der Waals surface area contributed by atoms with Gasteiger partial charge in [0.05, 0.1) is 11.0 Å². The van der Waals surface area contributed by atoms with E-state index in [4.69, 9.17) is 20.3 Å². The third-order valence-corrected chi connectivity index (χ3v) is 8.45. The molecule has 22 heteroatoms. The standard InChI is InChI=1S/C10H14N5O14P3/c11-10-13-7-4(8(18)14-10)12-2-15(7)9-6(17)5(16)3(25-9)1-29-26-32(29,24)28-31(22,23)27-30(19,20)21/h2-3,5-6,9,16-17H,1H2,(H5-,11,13,14,18,19,20,21,22,23)/p+1/t3-,5-,6-,9-,32+/m1/s1. The zero-order chi connectivity index (χ0) is 23.6. The molecule has 0 spiro atoms. The molecule has 6 atom stereocenters. The van der Waals surface area contributed by atoms with Gasteiger partial charge in [-0.3, -0.25) is 14.3 Å². The maximum Gasteiger partial charge on any atom is 0.751 e. The Hall–Kier alpha value is -1.56. The molecule has 2 aromatic heterocycles. The number of H-pyrrole nitrogens is 1. The van der Waals surface area contributed by atoms with E-state index in [1.165, 1.54) is 4.30 Å². The van der Waals surface area contributed by atoms with Crippen LogP contribution in [0.15, 0.2) is 11.1 Å². The first-order valence-electron chi connectivity index (χ1n) is 8.26. The van der Waals surface area contributed by atoms with E-state index in [1.807, 2.05) is 0 Å². The number of hydrogen-bond donors (Lipinski definition) is 7. The van der Waals surface area contributed by atoms with Crippen LogP contribution >= 0.6 is 23.5 Å². The van der Waals surface area contributed by atoms with Crippen LogP contribution in [0.25, 0.3) is 11.2 Å². The maximum absolute atomic E-state index is 12.2. The van der Waals surface area contributed by atoms with Gasteiger partial charge in [0.25, 0.3) is 5.56 Å². The van der Waals surface area contributed by atoms with Gasteiger partial charge in [-0.25, -0.2) is 14.1 Å². The summed E-state index contributed by atoms with van der Waals surface area (Å²) in [6, 6.07) is 0. The summed E-state index contributed by atoms with van der Waals surface area (Å²) in [6.45, 7) is -0.662. The van der Waals surface area contributed by atoms with E-state index in [2.05, 4.69) is 28.2 Å². The van der Waals surface area contributed by atoms with Crippen molar-refractivity contribution in [1.29, 1.82) is 0 Å². The molecule has 4 heterocycles. The Kier molecular flexibility index (Phi) is 5.71. The van der Waals surface area contributed by atoms with E-state index in [0.717, 1.165) is 10.9 Å². The van der Waals surface area contributed by atoms with E-state index >= 15 is 0 Å². The Labute approximate surface area is 175 Å². The van der Waals surface area contributed by atoms with Gasteiger partial charge in [0.2, 0.25) is 12.6 Å². The SMILES string of the molecule is Nc1nc2c(ncn2[C@@H]2O[C@H](C[O+]3O[P@@]3(=O)OP(=O)(O)OP(=O)(O)O)[C@@H](O)[C@H]2O)c(=O)[nH]1. The fraction of sp³-hybridized carbons (Fsp3) is 0.500. The molecule has 0 aromatic carbocycles. The number of anilines is 1. The third-order valence-electron chi connectivity index (χ3n) is 4.19. The van der Waals surface area contributed by atoms with Crippen LogP contribution in [0.4, 0.5) is 5.95 Å². The van der Waals surface area contributed by atoms with Crippen molar-refractivity contribution in [3.8, 4) is 0 Å². The van der Waals surface area contributed by atoms with Crippen LogP contribution in [0.5, 0.6) is 0 Å². The maximum atomic E-state index is 12.2. The molecular weight excluding hydrogens is 507 g/mol. The molecule has 2 aliphatic rings. The Morgan fingerprint density at radius 1 is 1.31 bits per heavy atom. The summed E-state index contributed by atoms with van der Waals surface area (Å²) in [5.74, 6) is -0.245. The monoisotopic (exact) mass is 522 g/mol. The van der Waals surface area contributed by atoms with Gasteiger partial charge < -0.3 is 35.4 Å². The van der Waals surface area contributed by atoms with Crippen LogP contribution in [-0.4, -0.2) is 69.3 Å². The molecule has 2 aromatic rings. The fourth-order valence-electron chi connectivity index (χ4n) is 2.91. The Balaban J connectivity index is 1.47. The van der Waals surface area contributed by atoms with Crippen molar-refractivity contribution in [2.45, 2.75) is 24.5 Å². The molecule has 32 heavy (non-hydrogen) atoms. The summed E-state index contributed by atoms with van der Waals surface area (Å²) in [7, 11) is -15.5. The van der Waals surface area contributed by atoms with E-state index in [-0.39, 0.29) is 17.1 Å². The highest BCUT2D eigenvalue weighted by Gasteiger charge is 2.75. The molecule has 0 amide bonds. The Morgan fingerprint density at radius 3 is 2.66 bits per heavy atom. The molecule has 2 fully saturated rings. The highest BCUT2D eigenvalue weighted by Crippen LogP contribution is 2.80. The summed E-state index contributed by atoms with van der Waals surface area (Å²) < 4.78 is 54.5. The number of hydrogen-bond acceptors (Lipinski definition) is 13. The van der Waals surface area contributed by atoms with Gasteiger partial charge in [0.1, 0.15) is 12.2 Å². The average Bonchev–Trinajstić information content (AvgIpc) is 2.93. The second-order valence-corrected chi connectivity index (χ2v) is 11.1. The second kappa shape index (κ2) is 7.75. The zero-order valence-electron chi connectivity index (χ0n) is 15.3. The first-order chi connectivity index (χ1) is 14.7. The molecule has 4 rings (SSSR count). The second-order valence-electron chi connectivity index (χ2n) is 6.45. The van der Waals surface area contributed by atoms with E-state index in [1.54, 1.807) is 0 Å². The summed E-state index contributed by atoms with van der Waals surface area (Å²) in [5.41, 5.74) is 4.65. The molecule has 0 saturated carbocycles. The van der Waals surface area contributed by atoms with E-state index in [9.17, 15) is 33.6 Å². The molecule has 0 aliphatic carbocycles. The van der Waals surface area contributed by atoms with Crippen molar-refractivity contribution in [3.63, 3.8) is 0 Å². The lowest BCUT2D eigenvalue weighted by atomic mass is 10.1. The normalized spacial score (nSPS) is 32.9. The summed E-state index contributed by atoms with van der Waals surface area (Å²) >= 11 is 0. The fourth-order valence-corrected chi connectivity index (χ4v) is 6.52. The van der Waals surface area contributed by atoms with Gasteiger partial charge in [-0.1, -0.05) is 0 Å². The van der Waals surface area contributed by atoms with Crippen LogP contribution in [0.1, 0.15) is 6.23 Å². The van der Waals surface area contributed by atoms with Gasteiger partial charge in [0.15, 0.2) is 23.5 Å². The molecule has 1 unspecified atom stereocenters. The number of ether oxygens (including phenoxy) is 1. The molecule has 8 N–H and O–H groups in total.